The Labute approximate surface area is 177 Å². The average Bonchev–Trinajstić information content (AvgIpc) is 3.25. The van der Waals surface area contributed by atoms with E-state index in [0.717, 1.165) is 25.1 Å². The number of amides is 1. The lowest BCUT2D eigenvalue weighted by atomic mass is 9.74. The molecule has 0 spiro atoms. The van der Waals surface area contributed by atoms with Crippen LogP contribution in [-0.2, 0) is 16.8 Å². The molecule has 1 aliphatic heterocycles. The maximum Gasteiger partial charge on any atom is 0.419 e. The highest BCUT2D eigenvalue weighted by Crippen LogP contribution is 2.40. The van der Waals surface area contributed by atoms with Crippen LogP contribution in [0.4, 0.5) is 4.79 Å². The first-order chi connectivity index (χ1) is 14.8. The fourth-order valence-corrected chi connectivity index (χ4v) is 3.97. The maximum atomic E-state index is 11.9. The number of carbonyl (C=O) groups is 1. The van der Waals surface area contributed by atoms with E-state index in [2.05, 4.69) is 70.8 Å². The minimum atomic E-state index is -0.539. The van der Waals surface area contributed by atoms with Gasteiger partial charge in [0.25, 0.3) is 0 Å². The van der Waals surface area contributed by atoms with Crippen molar-refractivity contribution < 1.29 is 9.53 Å². The van der Waals surface area contributed by atoms with E-state index in [1.165, 1.54) is 11.1 Å². The van der Waals surface area contributed by atoms with Gasteiger partial charge in [-0.15, -0.1) is 0 Å². The third kappa shape index (κ3) is 4.47. The van der Waals surface area contributed by atoms with Gasteiger partial charge < -0.3 is 9.64 Å². The van der Waals surface area contributed by atoms with Crippen LogP contribution in [0.3, 0.4) is 0 Å². The molecule has 0 unspecified atom stereocenters. The molecule has 1 heterocycles. The van der Waals surface area contributed by atoms with Crippen molar-refractivity contribution >= 4 is 6.09 Å². The maximum absolute atomic E-state index is 11.9. The van der Waals surface area contributed by atoms with Crippen molar-refractivity contribution in [2.45, 2.75) is 18.4 Å². The van der Waals surface area contributed by atoms with Crippen LogP contribution in [0.5, 0.6) is 0 Å². The highest BCUT2D eigenvalue weighted by atomic mass is 16.5. The minimum absolute atomic E-state index is 0.106. The predicted octanol–water partition coefficient (Wildman–Crippen LogP) is 4.52. The first-order valence-electron chi connectivity index (χ1n) is 10.1. The van der Waals surface area contributed by atoms with Gasteiger partial charge in [0, 0.05) is 30.6 Å². The number of likely N-dealkylation sites (tertiary alicyclic amines) is 1. The average molecular weight is 396 g/mol. The smallest absolute Gasteiger partial charge is 0.419 e. The molecule has 0 bridgehead atoms. The van der Waals surface area contributed by atoms with E-state index in [-0.39, 0.29) is 12.0 Å². The van der Waals surface area contributed by atoms with Crippen molar-refractivity contribution in [3.63, 3.8) is 0 Å². The number of nitrogens with one attached hydrogen (secondary N) is 1. The quantitative estimate of drug-likeness (QED) is 0.521. The van der Waals surface area contributed by atoms with Crippen LogP contribution in [0.2, 0.25) is 0 Å². The lowest BCUT2D eigenvalue weighted by molar-refractivity contribution is 0.144. The number of ether oxygens (including phenoxy) is 1. The van der Waals surface area contributed by atoms with Crippen molar-refractivity contribution in [2.75, 3.05) is 13.1 Å². The summed E-state index contributed by atoms with van der Waals surface area (Å²) in [5.41, 5.74) is 3.41. The Balaban J connectivity index is 1.41. The fourth-order valence-electron chi connectivity index (χ4n) is 3.97. The molecule has 150 valence electrons. The zero-order valence-corrected chi connectivity index (χ0v) is 16.8. The van der Waals surface area contributed by atoms with Gasteiger partial charge in [-0.1, -0.05) is 91.0 Å². The molecular formula is C26H24N2O2. The van der Waals surface area contributed by atoms with Crippen LogP contribution in [0.25, 0.3) is 0 Å². The molecule has 0 atom stereocenters. The summed E-state index contributed by atoms with van der Waals surface area (Å²) in [6.07, 6.45) is 0.427. The number of carbonyl (C=O) groups excluding carboxylic acids is 1. The molecule has 3 aromatic carbocycles. The Hall–Kier alpha value is -3.71. The number of benzene rings is 3. The monoisotopic (exact) mass is 396 g/mol. The summed E-state index contributed by atoms with van der Waals surface area (Å²) >= 11 is 0. The van der Waals surface area contributed by atoms with Crippen LogP contribution < -0.4 is 5.32 Å². The molecule has 3 aromatic rings. The van der Waals surface area contributed by atoms with E-state index >= 15 is 0 Å². The van der Waals surface area contributed by atoms with E-state index in [9.17, 15) is 4.79 Å². The molecule has 4 rings (SSSR count). The zero-order valence-electron chi connectivity index (χ0n) is 16.8. The minimum Gasteiger partial charge on any atom is -0.444 e. The Morgan fingerprint density at radius 3 is 2.07 bits per heavy atom. The SMILES string of the molecule is O=C(NC#CN1CCC(c2ccccc2)(c2ccccc2)C1)OCc1ccccc1. The Bertz CT molecular complexity index is 985. The Morgan fingerprint density at radius 2 is 1.47 bits per heavy atom. The third-order valence-corrected chi connectivity index (χ3v) is 5.51. The van der Waals surface area contributed by atoms with Gasteiger partial charge in [-0.25, -0.2) is 10.1 Å². The van der Waals surface area contributed by atoms with Gasteiger partial charge in [0.1, 0.15) is 6.61 Å². The van der Waals surface area contributed by atoms with Gasteiger partial charge in [-0.2, -0.15) is 0 Å². The van der Waals surface area contributed by atoms with Gasteiger partial charge in [0.05, 0.1) is 0 Å². The third-order valence-electron chi connectivity index (χ3n) is 5.51. The predicted molar refractivity (Wildman–Crippen MR) is 117 cm³/mol. The largest absolute Gasteiger partial charge is 0.444 e. The standard InChI is InChI=1S/C26H24N2O2/c29-25(30-20-22-10-4-1-5-11-22)27-17-19-28-18-16-26(21-28,23-12-6-2-7-13-23)24-14-8-3-9-15-24/h1-15H,16,18,20-21H2,(H,27,29). The first kappa shape index (κ1) is 19.6. The Morgan fingerprint density at radius 1 is 0.900 bits per heavy atom. The molecule has 4 nitrogen and oxygen atoms in total. The summed E-state index contributed by atoms with van der Waals surface area (Å²) in [5.74, 6) is 0. The first-order valence-corrected chi connectivity index (χ1v) is 10.1. The molecule has 1 aliphatic rings. The Kier molecular flexibility index (Phi) is 6.01. The molecule has 1 N–H and O–H groups in total. The van der Waals surface area contributed by atoms with E-state index in [1.54, 1.807) is 0 Å². The lowest BCUT2D eigenvalue weighted by Crippen LogP contribution is -2.31. The van der Waals surface area contributed by atoms with Crippen LogP contribution in [0.1, 0.15) is 23.1 Å². The molecule has 0 aliphatic carbocycles. The second kappa shape index (κ2) is 9.19. The van der Waals surface area contributed by atoms with Gasteiger partial charge >= 0.3 is 6.09 Å². The molecule has 30 heavy (non-hydrogen) atoms. The molecule has 1 fully saturated rings. The van der Waals surface area contributed by atoms with Crippen LogP contribution in [0.15, 0.2) is 91.0 Å². The summed E-state index contributed by atoms with van der Waals surface area (Å²) in [7, 11) is 0. The van der Waals surface area contributed by atoms with E-state index in [1.807, 2.05) is 42.5 Å². The second-order valence-corrected chi connectivity index (χ2v) is 7.41. The highest BCUT2D eigenvalue weighted by Gasteiger charge is 2.40. The topological polar surface area (TPSA) is 41.6 Å². The van der Waals surface area contributed by atoms with Gasteiger partial charge in [0.15, 0.2) is 0 Å². The number of rotatable bonds is 4. The van der Waals surface area contributed by atoms with Crippen molar-refractivity contribution in [3.8, 4) is 12.1 Å². The summed E-state index contributed by atoms with van der Waals surface area (Å²) in [6.45, 7) is 1.83. The van der Waals surface area contributed by atoms with Crippen molar-refractivity contribution in [1.82, 2.24) is 10.2 Å². The van der Waals surface area contributed by atoms with Crippen LogP contribution in [-0.4, -0.2) is 24.1 Å². The molecule has 0 saturated carbocycles. The van der Waals surface area contributed by atoms with Crippen molar-refractivity contribution in [3.05, 3.63) is 108 Å². The number of nitrogens with zero attached hydrogens (tertiary/aromatic N) is 1. The van der Waals surface area contributed by atoms with E-state index in [4.69, 9.17) is 4.74 Å². The van der Waals surface area contributed by atoms with E-state index in [0.29, 0.717) is 0 Å². The number of hydrogen-bond donors (Lipinski definition) is 1. The molecule has 4 heteroatoms. The second-order valence-electron chi connectivity index (χ2n) is 7.41. The van der Waals surface area contributed by atoms with Crippen LogP contribution >= 0.6 is 0 Å². The molecular weight excluding hydrogens is 372 g/mol. The van der Waals surface area contributed by atoms with Crippen molar-refractivity contribution in [1.29, 1.82) is 0 Å². The number of hydrogen-bond acceptors (Lipinski definition) is 3. The lowest BCUT2D eigenvalue weighted by Gasteiger charge is -2.30. The molecule has 1 amide bonds. The number of alkyl carbamates (subject to hydrolysis) is 1. The van der Waals surface area contributed by atoms with Crippen molar-refractivity contribution in [2.24, 2.45) is 0 Å². The molecule has 1 saturated heterocycles. The molecule has 0 radical (unpaired) electrons. The fraction of sp³-hybridized carbons (Fsp3) is 0.192. The van der Waals surface area contributed by atoms with Crippen LogP contribution in [0, 0.1) is 12.1 Å². The van der Waals surface area contributed by atoms with Gasteiger partial charge in [0.2, 0.25) is 0 Å². The zero-order chi connectivity index (χ0) is 20.7. The summed E-state index contributed by atoms with van der Waals surface area (Å²) < 4.78 is 5.20. The normalized spacial score (nSPS) is 14.5. The summed E-state index contributed by atoms with van der Waals surface area (Å²) in [6, 6.07) is 36.6. The highest BCUT2D eigenvalue weighted by molar-refractivity contribution is 5.69. The van der Waals surface area contributed by atoms with Gasteiger partial charge in [-0.05, 0) is 23.1 Å². The summed E-state index contributed by atoms with van der Waals surface area (Å²) in [5, 5.41) is 2.52. The molecule has 0 aromatic heterocycles. The van der Waals surface area contributed by atoms with Gasteiger partial charge in [-0.3, -0.25) is 0 Å². The summed E-state index contributed by atoms with van der Waals surface area (Å²) in [4.78, 5) is 14.0. The van der Waals surface area contributed by atoms with E-state index < -0.39 is 6.09 Å².